The molecule has 1 atom stereocenters. The van der Waals surface area contributed by atoms with Gasteiger partial charge in [0, 0.05) is 12.5 Å². The van der Waals surface area contributed by atoms with Gasteiger partial charge in [0.25, 0.3) is 0 Å². The number of aliphatic hydroxyl groups is 1. The lowest BCUT2D eigenvalue weighted by Gasteiger charge is -2.11. The summed E-state index contributed by atoms with van der Waals surface area (Å²) in [5.74, 6) is -0.0761. The van der Waals surface area contributed by atoms with Crippen molar-refractivity contribution in [3.8, 4) is 0 Å². The van der Waals surface area contributed by atoms with E-state index in [1.165, 1.54) is 0 Å². The van der Waals surface area contributed by atoms with Crippen molar-refractivity contribution in [2.45, 2.75) is 5.92 Å². The minimum atomic E-state index is -0.226. The highest BCUT2D eigenvalue weighted by atomic mass is 16.3. The van der Waals surface area contributed by atoms with Crippen molar-refractivity contribution >= 4 is 11.0 Å². The number of aromatic amines is 2. The highest BCUT2D eigenvalue weighted by molar-refractivity contribution is 5.75. The molecule has 0 spiro atoms. The van der Waals surface area contributed by atoms with E-state index >= 15 is 0 Å². The zero-order valence-corrected chi connectivity index (χ0v) is 8.16. The van der Waals surface area contributed by atoms with E-state index in [1.54, 1.807) is 6.07 Å². The number of H-pyrrole nitrogens is 2. The molecule has 2 rings (SSSR count). The Morgan fingerprint density at radius 3 is 2.73 bits per heavy atom. The van der Waals surface area contributed by atoms with Gasteiger partial charge in [-0.3, -0.25) is 0 Å². The van der Waals surface area contributed by atoms with Crippen LogP contribution in [0.15, 0.2) is 23.0 Å². The quantitative estimate of drug-likeness (QED) is 0.565. The van der Waals surface area contributed by atoms with Crippen molar-refractivity contribution in [1.29, 1.82) is 0 Å². The van der Waals surface area contributed by atoms with Gasteiger partial charge in [-0.25, -0.2) is 4.79 Å². The molecular weight excluding hydrogens is 194 g/mol. The number of nitrogens with two attached hydrogens (primary N) is 1. The van der Waals surface area contributed by atoms with Gasteiger partial charge in [0.2, 0.25) is 0 Å². The minimum absolute atomic E-state index is 0.0106. The van der Waals surface area contributed by atoms with Crippen molar-refractivity contribution < 1.29 is 5.11 Å². The third-order valence-electron chi connectivity index (χ3n) is 2.52. The van der Waals surface area contributed by atoms with Gasteiger partial charge >= 0.3 is 5.69 Å². The molecule has 0 saturated heterocycles. The van der Waals surface area contributed by atoms with E-state index in [-0.39, 0.29) is 18.2 Å². The largest absolute Gasteiger partial charge is 0.396 e. The van der Waals surface area contributed by atoms with Crippen LogP contribution >= 0.6 is 0 Å². The molecule has 5 heteroatoms. The van der Waals surface area contributed by atoms with E-state index < -0.39 is 0 Å². The highest BCUT2D eigenvalue weighted by Gasteiger charge is 2.09. The molecule has 0 radical (unpaired) electrons. The number of rotatable bonds is 3. The smallest absolute Gasteiger partial charge is 0.323 e. The van der Waals surface area contributed by atoms with Gasteiger partial charge in [0.1, 0.15) is 0 Å². The van der Waals surface area contributed by atoms with Crippen LogP contribution in [0.5, 0.6) is 0 Å². The number of hydrogen-bond donors (Lipinski definition) is 4. The molecular formula is C10H13N3O2. The molecule has 1 heterocycles. The maximum absolute atomic E-state index is 11.0. The molecule has 1 unspecified atom stereocenters. The van der Waals surface area contributed by atoms with Crippen LogP contribution in [0.1, 0.15) is 11.5 Å². The number of benzene rings is 1. The Hall–Kier alpha value is -1.59. The maximum atomic E-state index is 11.0. The first-order chi connectivity index (χ1) is 7.24. The van der Waals surface area contributed by atoms with Crippen LogP contribution in [0.4, 0.5) is 0 Å². The van der Waals surface area contributed by atoms with Crippen LogP contribution in [0.3, 0.4) is 0 Å². The Balaban J connectivity index is 2.49. The minimum Gasteiger partial charge on any atom is -0.396 e. The second-order valence-electron chi connectivity index (χ2n) is 3.50. The topological polar surface area (TPSA) is 94.9 Å². The van der Waals surface area contributed by atoms with Crippen molar-refractivity contribution in [3.63, 3.8) is 0 Å². The van der Waals surface area contributed by atoms with Gasteiger partial charge in [0.05, 0.1) is 17.6 Å². The zero-order valence-electron chi connectivity index (χ0n) is 8.16. The van der Waals surface area contributed by atoms with E-state index in [2.05, 4.69) is 9.97 Å². The van der Waals surface area contributed by atoms with Crippen molar-refractivity contribution in [2.24, 2.45) is 5.73 Å². The molecule has 0 aliphatic rings. The lowest BCUT2D eigenvalue weighted by Crippen LogP contribution is -2.15. The summed E-state index contributed by atoms with van der Waals surface area (Å²) in [6, 6.07) is 5.50. The van der Waals surface area contributed by atoms with Crippen LogP contribution in [0, 0.1) is 0 Å². The monoisotopic (exact) mass is 207 g/mol. The fraction of sp³-hybridized carbons (Fsp3) is 0.300. The Bertz CT molecular complexity index is 511. The molecule has 0 saturated carbocycles. The highest BCUT2D eigenvalue weighted by Crippen LogP contribution is 2.17. The summed E-state index contributed by atoms with van der Waals surface area (Å²) in [6.45, 7) is 0.396. The van der Waals surface area contributed by atoms with Crippen molar-refractivity contribution in [1.82, 2.24) is 9.97 Å². The zero-order chi connectivity index (χ0) is 10.8. The van der Waals surface area contributed by atoms with E-state index in [0.717, 1.165) is 16.6 Å². The van der Waals surface area contributed by atoms with E-state index in [1.807, 2.05) is 12.1 Å². The normalized spacial score (nSPS) is 13.2. The molecule has 15 heavy (non-hydrogen) atoms. The lowest BCUT2D eigenvalue weighted by molar-refractivity contribution is 0.268. The van der Waals surface area contributed by atoms with Crippen LogP contribution in [0.25, 0.3) is 11.0 Å². The van der Waals surface area contributed by atoms with Crippen molar-refractivity contribution in [2.75, 3.05) is 13.2 Å². The van der Waals surface area contributed by atoms with Crippen molar-refractivity contribution in [3.05, 3.63) is 34.2 Å². The molecule has 80 valence electrons. The third-order valence-corrected chi connectivity index (χ3v) is 2.52. The summed E-state index contributed by atoms with van der Waals surface area (Å²) >= 11 is 0. The first-order valence-corrected chi connectivity index (χ1v) is 4.77. The van der Waals surface area contributed by atoms with Gasteiger partial charge in [-0.05, 0) is 17.7 Å². The average Bonchev–Trinajstić information content (AvgIpc) is 2.59. The average molecular weight is 207 g/mol. The Morgan fingerprint density at radius 1 is 1.33 bits per heavy atom. The molecule has 0 fully saturated rings. The van der Waals surface area contributed by atoms with Gasteiger partial charge in [-0.2, -0.15) is 0 Å². The lowest BCUT2D eigenvalue weighted by atomic mass is 10.00. The molecule has 0 amide bonds. The van der Waals surface area contributed by atoms with Gasteiger partial charge < -0.3 is 20.8 Å². The second kappa shape index (κ2) is 3.88. The number of aliphatic hydroxyl groups excluding tert-OH is 1. The van der Waals surface area contributed by atoms with E-state index in [4.69, 9.17) is 10.8 Å². The van der Waals surface area contributed by atoms with Gasteiger partial charge in [0.15, 0.2) is 0 Å². The Kier molecular flexibility index (Phi) is 2.57. The molecule has 2 aromatic rings. The second-order valence-corrected chi connectivity index (χ2v) is 3.50. The maximum Gasteiger partial charge on any atom is 0.323 e. The fourth-order valence-electron chi connectivity index (χ4n) is 1.62. The van der Waals surface area contributed by atoms with E-state index in [0.29, 0.717) is 6.54 Å². The third kappa shape index (κ3) is 1.79. The summed E-state index contributed by atoms with van der Waals surface area (Å²) in [5, 5.41) is 9.10. The summed E-state index contributed by atoms with van der Waals surface area (Å²) < 4.78 is 0. The van der Waals surface area contributed by atoms with E-state index in [9.17, 15) is 4.79 Å². The number of hydrogen-bond acceptors (Lipinski definition) is 3. The summed E-state index contributed by atoms with van der Waals surface area (Å²) in [7, 11) is 0. The predicted molar refractivity (Wildman–Crippen MR) is 57.8 cm³/mol. The molecule has 0 aliphatic carbocycles. The first-order valence-electron chi connectivity index (χ1n) is 4.77. The Labute approximate surface area is 85.9 Å². The molecule has 0 bridgehead atoms. The molecule has 5 N–H and O–H groups in total. The van der Waals surface area contributed by atoms with Gasteiger partial charge in [-0.1, -0.05) is 6.07 Å². The molecule has 1 aromatic carbocycles. The first kappa shape index (κ1) is 9.95. The number of imidazole rings is 1. The fourth-order valence-corrected chi connectivity index (χ4v) is 1.62. The SMILES string of the molecule is NCC(CO)c1ccc2[nH]c(=O)[nH]c2c1. The van der Waals surface area contributed by atoms with Crippen LogP contribution in [-0.4, -0.2) is 28.2 Å². The Morgan fingerprint density at radius 2 is 2.07 bits per heavy atom. The van der Waals surface area contributed by atoms with Crippen LogP contribution in [0.2, 0.25) is 0 Å². The predicted octanol–water partition coefficient (Wildman–Crippen LogP) is -0.109. The van der Waals surface area contributed by atoms with Crippen LogP contribution < -0.4 is 11.4 Å². The summed E-state index contributed by atoms with van der Waals surface area (Å²) in [5.41, 5.74) is 7.73. The summed E-state index contributed by atoms with van der Waals surface area (Å²) in [6.07, 6.45) is 0. The number of nitrogens with one attached hydrogen (secondary N) is 2. The molecule has 0 aliphatic heterocycles. The molecule has 1 aromatic heterocycles. The van der Waals surface area contributed by atoms with Crippen LogP contribution in [-0.2, 0) is 0 Å². The standard InChI is InChI=1S/C10H13N3O2/c11-4-7(5-14)6-1-2-8-9(3-6)13-10(15)12-8/h1-3,7,14H,4-5,11H2,(H2,12,13,15). The number of fused-ring (bicyclic) bond motifs is 1. The molecule has 5 nitrogen and oxygen atoms in total. The van der Waals surface area contributed by atoms with Gasteiger partial charge in [-0.15, -0.1) is 0 Å². The summed E-state index contributed by atoms with van der Waals surface area (Å²) in [4.78, 5) is 16.3. The number of aromatic nitrogens is 2.